The van der Waals surface area contributed by atoms with Crippen LogP contribution in [0.1, 0.15) is 31.4 Å². The summed E-state index contributed by atoms with van der Waals surface area (Å²) in [7, 11) is -1.33. The number of carbonyl (C=O) groups excluding carboxylic acids is 1. The first-order chi connectivity index (χ1) is 9.34. The summed E-state index contributed by atoms with van der Waals surface area (Å²) in [6, 6.07) is 6.46. The molecule has 0 aliphatic rings. The Kier molecular flexibility index (Phi) is 6.16. The smallest absolute Gasteiger partial charge is 0.220 e. The van der Waals surface area contributed by atoms with E-state index in [1.54, 1.807) is 24.3 Å². The normalized spacial score (nSPS) is 12.9. The van der Waals surface area contributed by atoms with Gasteiger partial charge in [0, 0.05) is 12.7 Å². The van der Waals surface area contributed by atoms with Gasteiger partial charge in [-0.2, -0.15) is 0 Å². The summed E-state index contributed by atoms with van der Waals surface area (Å²) in [5.74, 6) is -0.0000559. The Hall–Kier alpha value is -1.40. The van der Waals surface area contributed by atoms with Gasteiger partial charge in [-0.15, -0.1) is 0 Å². The number of nitrogens with one attached hydrogen (secondary N) is 2. The maximum atomic E-state index is 11.7. The lowest BCUT2D eigenvalue weighted by molar-refractivity contribution is -0.121. The average Bonchev–Trinajstić information content (AvgIpc) is 2.38. The highest BCUT2D eigenvalue weighted by molar-refractivity contribution is 7.90. The number of sulfone groups is 1. The van der Waals surface area contributed by atoms with Crippen LogP contribution in [0.4, 0.5) is 0 Å². The molecule has 0 bridgehead atoms. The molecule has 1 aromatic carbocycles. The first-order valence-corrected chi connectivity index (χ1v) is 8.47. The molecule has 1 rings (SSSR count). The molecule has 20 heavy (non-hydrogen) atoms. The highest BCUT2D eigenvalue weighted by atomic mass is 32.2. The van der Waals surface area contributed by atoms with Crippen molar-refractivity contribution in [3.63, 3.8) is 0 Å². The van der Waals surface area contributed by atoms with E-state index in [2.05, 4.69) is 10.6 Å². The Balaban J connectivity index is 2.60. The molecule has 1 amide bonds. The lowest BCUT2D eigenvalue weighted by atomic mass is 10.1. The Morgan fingerprint density at radius 3 is 2.35 bits per heavy atom. The molecule has 0 radical (unpaired) electrons. The third kappa shape index (κ3) is 5.30. The van der Waals surface area contributed by atoms with E-state index in [0.717, 1.165) is 18.5 Å². The summed E-state index contributed by atoms with van der Waals surface area (Å²) in [6.07, 6.45) is 2.45. The van der Waals surface area contributed by atoms with Crippen molar-refractivity contribution in [1.29, 1.82) is 0 Å². The van der Waals surface area contributed by atoms with Crippen LogP contribution in [0.5, 0.6) is 0 Å². The minimum Gasteiger partial charge on any atom is -0.350 e. The van der Waals surface area contributed by atoms with Gasteiger partial charge in [0.1, 0.15) is 0 Å². The van der Waals surface area contributed by atoms with Crippen LogP contribution in [0.2, 0.25) is 0 Å². The van der Waals surface area contributed by atoms with Crippen molar-refractivity contribution < 1.29 is 13.2 Å². The highest BCUT2D eigenvalue weighted by Gasteiger charge is 2.11. The SMILES string of the molecule is CNCCCC(=O)NC(C)c1ccc(S(C)(=O)=O)cc1. The molecule has 6 heteroatoms. The second-order valence-corrected chi connectivity index (χ2v) is 6.85. The molecule has 112 valence electrons. The van der Waals surface area contributed by atoms with Crippen molar-refractivity contribution >= 4 is 15.7 Å². The Labute approximate surface area is 120 Å². The first-order valence-electron chi connectivity index (χ1n) is 6.58. The van der Waals surface area contributed by atoms with Crippen molar-refractivity contribution in [3.8, 4) is 0 Å². The van der Waals surface area contributed by atoms with Gasteiger partial charge in [-0.25, -0.2) is 8.42 Å². The minimum atomic E-state index is -3.18. The lowest BCUT2D eigenvalue weighted by Crippen LogP contribution is -2.27. The quantitative estimate of drug-likeness (QED) is 0.743. The van der Waals surface area contributed by atoms with E-state index in [-0.39, 0.29) is 16.8 Å². The molecule has 0 heterocycles. The number of amides is 1. The molecule has 1 atom stereocenters. The lowest BCUT2D eigenvalue weighted by Gasteiger charge is -2.14. The fraction of sp³-hybridized carbons (Fsp3) is 0.500. The number of rotatable bonds is 7. The topological polar surface area (TPSA) is 75.3 Å². The molecule has 1 aromatic rings. The van der Waals surface area contributed by atoms with E-state index in [4.69, 9.17) is 0 Å². The van der Waals surface area contributed by atoms with Crippen molar-refractivity contribution in [2.45, 2.75) is 30.7 Å². The van der Waals surface area contributed by atoms with Gasteiger partial charge >= 0.3 is 0 Å². The molecule has 0 aliphatic carbocycles. The summed E-state index contributed by atoms with van der Waals surface area (Å²) < 4.78 is 22.7. The average molecular weight is 298 g/mol. The van der Waals surface area contributed by atoms with E-state index in [1.807, 2.05) is 14.0 Å². The van der Waals surface area contributed by atoms with Crippen LogP contribution in [0, 0.1) is 0 Å². The second-order valence-electron chi connectivity index (χ2n) is 4.84. The fourth-order valence-electron chi connectivity index (χ4n) is 1.83. The van der Waals surface area contributed by atoms with Gasteiger partial charge in [-0.3, -0.25) is 4.79 Å². The van der Waals surface area contributed by atoms with Crippen LogP contribution < -0.4 is 10.6 Å². The molecule has 0 spiro atoms. The van der Waals surface area contributed by atoms with Gasteiger partial charge in [-0.1, -0.05) is 12.1 Å². The standard InChI is InChI=1S/C14H22N2O3S/c1-11(16-14(17)5-4-10-15-2)12-6-8-13(9-7-12)20(3,18)19/h6-9,11,15H,4-5,10H2,1-3H3,(H,16,17). The van der Waals surface area contributed by atoms with E-state index < -0.39 is 9.84 Å². The number of carbonyl (C=O) groups is 1. The third-order valence-electron chi connectivity index (χ3n) is 3.02. The molecular formula is C14H22N2O3S. The van der Waals surface area contributed by atoms with Gasteiger partial charge in [0.05, 0.1) is 10.9 Å². The van der Waals surface area contributed by atoms with Crippen LogP contribution in [-0.4, -0.2) is 34.2 Å². The van der Waals surface area contributed by atoms with E-state index in [1.165, 1.54) is 6.26 Å². The van der Waals surface area contributed by atoms with Crippen LogP contribution >= 0.6 is 0 Å². The van der Waals surface area contributed by atoms with Crippen LogP contribution in [-0.2, 0) is 14.6 Å². The zero-order valence-corrected chi connectivity index (χ0v) is 13.0. The van der Waals surface area contributed by atoms with Crippen molar-refractivity contribution in [2.75, 3.05) is 19.8 Å². The van der Waals surface area contributed by atoms with Crippen molar-refractivity contribution in [3.05, 3.63) is 29.8 Å². The predicted octanol–water partition coefficient (Wildman–Crippen LogP) is 1.27. The molecule has 0 saturated heterocycles. The maximum Gasteiger partial charge on any atom is 0.220 e. The number of hydrogen-bond donors (Lipinski definition) is 2. The van der Waals surface area contributed by atoms with Crippen LogP contribution in [0.3, 0.4) is 0 Å². The largest absolute Gasteiger partial charge is 0.350 e. The van der Waals surface area contributed by atoms with Crippen molar-refractivity contribution in [2.24, 2.45) is 0 Å². The van der Waals surface area contributed by atoms with Crippen molar-refractivity contribution in [1.82, 2.24) is 10.6 Å². The maximum absolute atomic E-state index is 11.7. The molecule has 2 N–H and O–H groups in total. The summed E-state index contributed by atoms with van der Waals surface area (Å²) in [4.78, 5) is 12.0. The second kappa shape index (κ2) is 7.40. The summed E-state index contributed by atoms with van der Waals surface area (Å²) in [5.41, 5.74) is 0.888. The van der Waals surface area contributed by atoms with E-state index in [9.17, 15) is 13.2 Å². The predicted molar refractivity (Wildman–Crippen MR) is 79.3 cm³/mol. The molecule has 0 aromatic heterocycles. The highest BCUT2D eigenvalue weighted by Crippen LogP contribution is 2.16. The number of hydrogen-bond acceptors (Lipinski definition) is 4. The Morgan fingerprint density at radius 1 is 1.25 bits per heavy atom. The molecular weight excluding hydrogens is 276 g/mol. The number of benzene rings is 1. The van der Waals surface area contributed by atoms with Gasteiger partial charge in [0.25, 0.3) is 0 Å². The Morgan fingerprint density at radius 2 is 1.85 bits per heavy atom. The zero-order chi connectivity index (χ0) is 15.2. The molecule has 0 aliphatic heterocycles. The summed E-state index contributed by atoms with van der Waals surface area (Å²) in [5, 5.41) is 5.89. The van der Waals surface area contributed by atoms with Gasteiger partial charge < -0.3 is 10.6 Å². The summed E-state index contributed by atoms with van der Waals surface area (Å²) in [6.45, 7) is 2.69. The first kappa shape index (κ1) is 16.7. The van der Waals surface area contributed by atoms with Gasteiger partial charge in [-0.05, 0) is 44.6 Å². The minimum absolute atomic E-state index is 0.0000559. The monoisotopic (exact) mass is 298 g/mol. The molecule has 0 saturated carbocycles. The van der Waals surface area contributed by atoms with Crippen LogP contribution in [0.15, 0.2) is 29.2 Å². The Bertz CT molecular complexity index is 538. The fourth-order valence-corrected chi connectivity index (χ4v) is 2.46. The zero-order valence-electron chi connectivity index (χ0n) is 12.1. The van der Waals surface area contributed by atoms with Gasteiger partial charge in [0.15, 0.2) is 9.84 Å². The van der Waals surface area contributed by atoms with E-state index >= 15 is 0 Å². The molecule has 1 unspecified atom stereocenters. The third-order valence-corrected chi connectivity index (χ3v) is 4.14. The van der Waals surface area contributed by atoms with Gasteiger partial charge in [0.2, 0.25) is 5.91 Å². The van der Waals surface area contributed by atoms with E-state index in [0.29, 0.717) is 6.42 Å². The molecule has 5 nitrogen and oxygen atoms in total. The molecule has 0 fully saturated rings. The summed E-state index contributed by atoms with van der Waals surface area (Å²) >= 11 is 0. The van der Waals surface area contributed by atoms with Crippen LogP contribution in [0.25, 0.3) is 0 Å².